The molecule has 0 aromatic rings. The number of allylic oxidation sites excluding steroid dienone is 1. The molecule has 0 spiro atoms. The topological polar surface area (TPSA) is 20.2 Å². The first kappa shape index (κ1) is 15.7. The van der Waals surface area contributed by atoms with E-state index >= 15 is 0 Å². The third-order valence-corrected chi connectivity index (χ3v) is 5.47. The van der Waals surface area contributed by atoms with Gasteiger partial charge in [0.1, 0.15) is 11.6 Å². The van der Waals surface area contributed by atoms with Crippen LogP contribution in [0.3, 0.4) is 0 Å². The first-order chi connectivity index (χ1) is 8.33. The Kier molecular flexibility index (Phi) is 5.02. The highest BCUT2D eigenvalue weighted by Gasteiger charge is 2.49. The lowest BCUT2D eigenvalue weighted by Crippen LogP contribution is -2.65. The minimum Gasteiger partial charge on any atom is -0.384 e. The summed E-state index contributed by atoms with van der Waals surface area (Å²) in [5.74, 6) is 0.595. The summed E-state index contributed by atoms with van der Waals surface area (Å²) in [5, 5.41) is 10.8. The second kappa shape index (κ2) is 5.75. The van der Waals surface area contributed by atoms with E-state index in [9.17, 15) is 5.11 Å². The summed E-state index contributed by atoms with van der Waals surface area (Å²) >= 11 is 0. The molecule has 1 rings (SSSR count). The van der Waals surface area contributed by atoms with Crippen LogP contribution in [0.25, 0.3) is 0 Å². The first-order valence-corrected chi connectivity index (χ1v) is 7.56. The van der Waals surface area contributed by atoms with E-state index < -0.39 is 5.60 Å². The van der Waals surface area contributed by atoms with Crippen LogP contribution in [0.4, 0.5) is 0 Å². The second-order valence-electron chi connectivity index (χ2n) is 6.36. The van der Waals surface area contributed by atoms with Crippen LogP contribution < -0.4 is 0 Å². The fraction of sp³-hybridized carbons (Fsp3) is 0.875. The lowest BCUT2D eigenvalue weighted by atomic mass is 9.72. The normalized spacial score (nSPS) is 33.4. The molecule has 18 heavy (non-hydrogen) atoms. The lowest BCUT2D eigenvalue weighted by molar-refractivity contribution is -0.954. The SMILES string of the molecule is C=C(C)[C@@H]1CC[C@@](C)(O)[C@H]([N+](CC)(CC)CC)C1. The molecule has 0 saturated heterocycles. The van der Waals surface area contributed by atoms with Crippen molar-refractivity contribution in [2.45, 2.75) is 65.5 Å². The molecule has 0 heterocycles. The minimum absolute atomic E-state index is 0.355. The molecule has 106 valence electrons. The van der Waals surface area contributed by atoms with Gasteiger partial charge in [0, 0.05) is 6.42 Å². The van der Waals surface area contributed by atoms with Crippen molar-refractivity contribution in [1.29, 1.82) is 0 Å². The van der Waals surface area contributed by atoms with Gasteiger partial charge >= 0.3 is 0 Å². The van der Waals surface area contributed by atoms with Gasteiger partial charge in [0.05, 0.1) is 19.6 Å². The van der Waals surface area contributed by atoms with Crippen molar-refractivity contribution in [3.05, 3.63) is 12.2 Å². The Hall–Kier alpha value is -0.340. The van der Waals surface area contributed by atoms with Crippen molar-refractivity contribution in [3.63, 3.8) is 0 Å². The van der Waals surface area contributed by atoms with Crippen molar-refractivity contribution in [1.82, 2.24) is 0 Å². The third-order valence-electron chi connectivity index (χ3n) is 5.47. The Bertz CT molecular complexity index is 283. The number of rotatable bonds is 5. The number of hydrogen-bond donors (Lipinski definition) is 1. The van der Waals surface area contributed by atoms with E-state index in [0.717, 1.165) is 43.4 Å². The summed E-state index contributed by atoms with van der Waals surface area (Å²) in [4.78, 5) is 0. The van der Waals surface area contributed by atoms with Crippen LogP contribution in [0.2, 0.25) is 0 Å². The average molecular weight is 254 g/mol. The van der Waals surface area contributed by atoms with E-state index in [1.54, 1.807) is 0 Å². The van der Waals surface area contributed by atoms with Crippen molar-refractivity contribution in [3.8, 4) is 0 Å². The molecule has 0 aliphatic heterocycles. The fourth-order valence-electron chi connectivity index (χ4n) is 3.87. The van der Waals surface area contributed by atoms with Gasteiger partial charge in [-0.15, -0.1) is 0 Å². The summed E-state index contributed by atoms with van der Waals surface area (Å²) in [7, 11) is 0. The van der Waals surface area contributed by atoms with Gasteiger partial charge in [0.2, 0.25) is 0 Å². The molecule has 3 atom stereocenters. The van der Waals surface area contributed by atoms with Crippen LogP contribution >= 0.6 is 0 Å². The van der Waals surface area contributed by atoms with Crippen LogP contribution in [0.5, 0.6) is 0 Å². The van der Waals surface area contributed by atoms with E-state index in [2.05, 4.69) is 34.3 Å². The maximum Gasteiger partial charge on any atom is 0.118 e. The summed E-state index contributed by atoms with van der Waals surface area (Å²) in [6.45, 7) is 18.4. The number of quaternary nitrogens is 1. The smallest absolute Gasteiger partial charge is 0.118 e. The van der Waals surface area contributed by atoms with Crippen molar-refractivity contribution >= 4 is 0 Å². The maximum absolute atomic E-state index is 10.8. The summed E-state index contributed by atoms with van der Waals surface area (Å²) in [6, 6.07) is 0.355. The Morgan fingerprint density at radius 3 is 2.17 bits per heavy atom. The molecule has 0 radical (unpaired) electrons. The Morgan fingerprint density at radius 2 is 1.78 bits per heavy atom. The molecule has 0 bridgehead atoms. The zero-order chi connectivity index (χ0) is 14.0. The van der Waals surface area contributed by atoms with Crippen LogP contribution in [-0.2, 0) is 0 Å². The van der Waals surface area contributed by atoms with E-state index in [1.165, 1.54) is 5.57 Å². The third kappa shape index (κ3) is 2.80. The van der Waals surface area contributed by atoms with Gasteiger partial charge in [0.15, 0.2) is 0 Å². The van der Waals surface area contributed by atoms with Crippen molar-refractivity contribution < 1.29 is 9.59 Å². The molecule has 0 amide bonds. The van der Waals surface area contributed by atoms with Gasteiger partial charge in [-0.2, -0.15) is 0 Å². The minimum atomic E-state index is -0.520. The quantitative estimate of drug-likeness (QED) is 0.589. The van der Waals surface area contributed by atoms with Crippen LogP contribution in [0.1, 0.15) is 53.9 Å². The van der Waals surface area contributed by atoms with Crippen LogP contribution in [0.15, 0.2) is 12.2 Å². The number of aliphatic hydroxyl groups is 1. The van der Waals surface area contributed by atoms with Crippen LogP contribution in [-0.4, -0.2) is 40.9 Å². The highest BCUT2D eigenvalue weighted by atomic mass is 16.3. The van der Waals surface area contributed by atoms with Gasteiger partial charge < -0.3 is 9.59 Å². The fourth-order valence-corrected chi connectivity index (χ4v) is 3.87. The molecule has 1 saturated carbocycles. The largest absolute Gasteiger partial charge is 0.384 e. The summed E-state index contributed by atoms with van der Waals surface area (Å²) < 4.78 is 1.04. The molecule has 1 N–H and O–H groups in total. The van der Waals surface area contributed by atoms with E-state index in [-0.39, 0.29) is 0 Å². The van der Waals surface area contributed by atoms with E-state index in [0.29, 0.717) is 12.0 Å². The highest BCUT2D eigenvalue weighted by molar-refractivity contribution is 5.03. The molecule has 0 unspecified atom stereocenters. The molecule has 2 nitrogen and oxygen atoms in total. The van der Waals surface area contributed by atoms with Crippen molar-refractivity contribution in [2.24, 2.45) is 5.92 Å². The van der Waals surface area contributed by atoms with Crippen molar-refractivity contribution in [2.75, 3.05) is 19.6 Å². The zero-order valence-corrected chi connectivity index (χ0v) is 13.0. The molecular formula is C16H32NO+. The Morgan fingerprint density at radius 1 is 1.28 bits per heavy atom. The maximum atomic E-state index is 10.8. The molecule has 1 aliphatic carbocycles. The van der Waals surface area contributed by atoms with E-state index in [1.807, 2.05) is 6.92 Å². The van der Waals surface area contributed by atoms with Gasteiger partial charge in [-0.05, 0) is 53.4 Å². The zero-order valence-electron chi connectivity index (χ0n) is 13.0. The highest BCUT2D eigenvalue weighted by Crippen LogP contribution is 2.40. The Balaban J connectivity index is 3.02. The Labute approximate surface area is 113 Å². The van der Waals surface area contributed by atoms with Gasteiger partial charge in [-0.3, -0.25) is 0 Å². The van der Waals surface area contributed by atoms with Crippen LogP contribution in [0, 0.1) is 5.92 Å². The molecule has 0 aromatic carbocycles. The monoisotopic (exact) mass is 254 g/mol. The van der Waals surface area contributed by atoms with Gasteiger partial charge in [0.25, 0.3) is 0 Å². The average Bonchev–Trinajstić information content (AvgIpc) is 2.33. The summed E-state index contributed by atoms with van der Waals surface area (Å²) in [5.41, 5.74) is 0.769. The standard InChI is InChI=1S/C16H32NO/c1-7-17(8-2,9-3)15-12-14(13(4)5)10-11-16(15,6)18/h14-15,18H,4,7-12H2,1-3,5-6H3/q+1/t14-,15-,16-/m1/s1. The van der Waals surface area contributed by atoms with Gasteiger partial charge in [-0.25, -0.2) is 0 Å². The lowest BCUT2D eigenvalue weighted by Gasteiger charge is -2.52. The molecule has 1 aliphatic rings. The molecular weight excluding hydrogens is 222 g/mol. The van der Waals surface area contributed by atoms with E-state index in [4.69, 9.17) is 0 Å². The predicted molar refractivity (Wildman–Crippen MR) is 78.5 cm³/mol. The summed E-state index contributed by atoms with van der Waals surface area (Å²) in [6.07, 6.45) is 3.10. The number of hydrogen-bond acceptors (Lipinski definition) is 1. The van der Waals surface area contributed by atoms with Gasteiger partial charge in [-0.1, -0.05) is 12.2 Å². The molecule has 0 aromatic heterocycles. The number of likely N-dealkylation sites (N-methyl/N-ethyl adjacent to an activating group) is 1. The molecule has 2 heteroatoms. The predicted octanol–water partition coefficient (Wildman–Crippen LogP) is 3.36. The number of nitrogens with zero attached hydrogens (tertiary/aromatic N) is 1. The second-order valence-corrected chi connectivity index (χ2v) is 6.36. The molecule has 1 fully saturated rings. The first-order valence-electron chi connectivity index (χ1n) is 7.56.